The van der Waals surface area contributed by atoms with Crippen molar-refractivity contribution in [2.75, 3.05) is 0 Å². The van der Waals surface area contributed by atoms with Crippen LogP contribution in [-0.2, 0) is 4.79 Å². The van der Waals surface area contributed by atoms with Gasteiger partial charge in [0.2, 0.25) is 5.91 Å². The quantitative estimate of drug-likeness (QED) is 0.470. The molecular formula is C14H16N2O. The minimum absolute atomic E-state index is 0.170. The highest BCUT2D eigenvalue weighted by molar-refractivity contribution is 5.87. The number of benzene rings is 2. The maximum atomic E-state index is 11.5. The fourth-order valence-corrected chi connectivity index (χ4v) is 1.93. The second-order valence-corrected chi connectivity index (χ2v) is 4.34. The fraction of sp³-hybridized carbons (Fsp3) is 0.214. The lowest BCUT2D eigenvalue weighted by molar-refractivity contribution is -0.122. The average molecular weight is 228 g/mol. The molecule has 0 saturated heterocycles. The number of carbonyl (C=O) groups excluding carboxylic acids is 1. The molecule has 0 aromatic heterocycles. The lowest BCUT2D eigenvalue weighted by atomic mass is 9.97. The number of hydrogen-bond acceptors (Lipinski definition) is 2. The molecule has 2 aromatic carbocycles. The first-order chi connectivity index (χ1) is 8.11. The largest absolute Gasteiger partial charge is 0.294 e. The van der Waals surface area contributed by atoms with Crippen molar-refractivity contribution in [1.82, 2.24) is 5.43 Å². The zero-order valence-corrected chi connectivity index (χ0v) is 10.0. The van der Waals surface area contributed by atoms with Gasteiger partial charge in [0.25, 0.3) is 0 Å². The van der Waals surface area contributed by atoms with Gasteiger partial charge in [-0.1, -0.05) is 42.0 Å². The molecular weight excluding hydrogens is 212 g/mol. The summed E-state index contributed by atoms with van der Waals surface area (Å²) in [6.45, 7) is 3.91. The normalized spacial score (nSPS) is 12.4. The Hall–Kier alpha value is -1.87. The van der Waals surface area contributed by atoms with Crippen molar-refractivity contribution in [2.45, 2.75) is 19.8 Å². The average Bonchev–Trinajstić information content (AvgIpc) is 2.36. The van der Waals surface area contributed by atoms with Crippen LogP contribution in [0.5, 0.6) is 0 Å². The molecule has 3 nitrogen and oxygen atoms in total. The van der Waals surface area contributed by atoms with E-state index in [1.165, 1.54) is 10.9 Å². The molecule has 0 spiro atoms. The Morgan fingerprint density at radius 2 is 1.82 bits per heavy atom. The Morgan fingerprint density at radius 1 is 1.18 bits per heavy atom. The van der Waals surface area contributed by atoms with Crippen LogP contribution in [-0.4, -0.2) is 5.91 Å². The van der Waals surface area contributed by atoms with Crippen molar-refractivity contribution in [3.05, 3.63) is 47.5 Å². The van der Waals surface area contributed by atoms with Crippen molar-refractivity contribution in [3.8, 4) is 0 Å². The van der Waals surface area contributed by atoms with Gasteiger partial charge in [0.05, 0.1) is 5.92 Å². The Labute approximate surface area is 101 Å². The summed E-state index contributed by atoms with van der Waals surface area (Å²) in [6.07, 6.45) is 0. The van der Waals surface area contributed by atoms with Gasteiger partial charge < -0.3 is 0 Å². The molecule has 2 rings (SSSR count). The number of rotatable bonds is 2. The Balaban J connectivity index is 2.44. The van der Waals surface area contributed by atoms with Crippen LogP contribution in [0.3, 0.4) is 0 Å². The van der Waals surface area contributed by atoms with Crippen molar-refractivity contribution in [1.29, 1.82) is 0 Å². The molecule has 88 valence electrons. The fourth-order valence-electron chi connectivity index (χ4n) is 1.93. The minimum atomic E-state index is -0.231. The van der Waals surface area contributed by atoms with E-state index in [1.54, 1.807) is 0 Å². The van der Waals surface area contributed by atoms with E-state index in [2.05, 4.69) is 30.5 Å². The first-order valence-electron chi connectivity index (χ1n) is 5.62. The molecule has 1 atom stereocenters. The molecule has 1 amide bonds. The molecule has 0 aliphatic carbocycles. The van der Waals surface area contributed by atoms with Gasteiger partial charge in [-0.25, -0.2) is 5.84 Å². The van der Waals surface area contributed by atoms with Crippen LogP contribution in [0.15, 0.2) is 36.4 Å². The van der Waals surface area contributed by atoms with E-state index in [9.17, 15) is 4.79 Å². The maximum absolute atomic E-state index is 11.5. The number of aryl methyl sites for hydroxylation is 1. The predicted octanol–water partition coefficient (Wildman–Crippen LogP) is 2.24. The summed E-state index contributed by atoms with van der Waals surface area (Å²) in [5, 5.41) is 2.33. The zero-order valence-electron chi connectivity index (χ0n) is 10.0. The molecule has 17 heavy (non-hydrogen) atoms. The lowest BCUT2D eigenvalue weighted by Gasteiger charge is -2.11. The highest BCUT2D eigenvalue weighted by atomic mass is 16.2. The van der Waals surface area contributed by atoms with Crippen LogP contribution in [0.4, 0.5) is 0 Å². The predicted molar refractivity (Wildman–Crippen MR) is 69.4 cm³/mol. The van der Waals surface area contributed by atoms with Crippen molar-refractivity contribution >= 4 is 16.7 Å². The topological polar surface area (TPSA) is 55.1 Å². The maximum Gasteiger partial charge on any atom is 0.241 e. The summed E-state index contributed by atoms with van der Waals surface area (Å²) in [7, 11) is 0. The highest BCUT2D eigenvalue weighted by Crippen LogP contribution is 2.22. The van der Waals surface area contributed by atoms with Crippen molar-refractivity contribution in [3.63, 3.8) is 0 Å². The molecule has 0 heterocycles. The smallest absolute Gasteiger partial charge is 0.241 e. The zero-order chi connectivity index (χ0) is 12.4. The van der Waals surface area contributed by atoms with E-state index < -0.39 is 0 Å². The van der Waals surface area contributed by atoms with Gasteiger partial charge in [0.15, 0.2) is 0 Å². The van der Waals surface area contributed by atoms with E-state index in [0.717, 1.165) is 10.9 Å². The van der Waals surface area contributed by atoms with Crippen LogP contribution >= 0.6 is 0 Å². The van der Waals surface area contributed by atoms with Crippen LogP contribution in [0, 0.1) is 6.92 Å². The van der Waals surface area contributed by atoms with Crippen molar-refractivity contribution in [2.24, 2.45) is 5.84 Å². The summed E-state index contributed by atoms with van der Waals surface area (Å²) in [5.41, 5.74) is 4.39. The molecule has 0 radical (unpaired) electrons. The minimum Gasteiger partial charge on any atom is -0.294 e. The van der Waals surface area contributed by atoms with Gasteiger partial charge in [0, 0.05) is 0 Å². The summed E-state index contributed by atoms with van der Waals surface area (Å²) in [4.78, 5) is 11.5. The summed E-state index contributed by atoms with van der Waals surface area (Å²) >= 11 is 0. The standard InChI is InChI=1S/C14H16N2O/c1-9-3-4-13-8-11(5-6-12(13)7-9)10(2)14(17)16-15/h3-8,10H,15H2,1-2H3,(H,16,17). The lowest BCUT2D eigenvalue weighted by Crippen LogP contribution is -2.33. The highest BCUT2D eigenvalue weighted by Gasteiger charge is 2.13. The van der Waals surface area contributed by atoms with Gasteiger partial charge in [0.1, 0.15) is 0 Å². The van der Waals surface area contributed by atoms with Gasteiger partial charge in [-0.05, 0) is 30.2 Å². The Kier molecular flexibility index (Phi) is 3.11. The number of hydrogen-bond donors (Lipinski definition) is 2. The SMILES string of the molecule is Cc1ccc2cc(C(C)C(=O)NN)ccc2c1. The third-order valence-electron chi connectivity index (χ3n) is 3.06. The van der Waals surface area contributed by atoms with Gasteiger partial charge in [-0.15, -0.1) is 0 Å². The third-order valence-corrected chi connectivity index (χ3v) is 3.06. The first-order valence-corrected chi connectivity index (χ1v) is 5.62. The van der Waals surface area contributed by atoms with E-state index in [4.69, 9.17) is 5.84 Å². The van der Waals surface area contributed by atoms with Crippen LogP contribution < -0.4 is 11.3 Å². The number of hydrazine groups is 1. The van der Waals surface area contributed by atoms with Gasteiger partial charge in [-0.2, -0.15) is 0 Å². The first kappa shape index (κ1) is 11.6. The number of nitrogens with two attached hydrogens (primary N) is 1. The third kappa shape index (κ3) is 2.29. The van der Waals surface area contributed by atoms with Gasteiger partial charge >= 0.3 is 0 Å². The second-order valence-electron chi connectivity index (χ2n) is 4.34. The number of nitrogens with one attached hydrogen (secondary N) is 1. The molecule has 3 heteroatoms. The van der Waals surface area contributed by atoms with E-state index in [-0.39, 0.29) is 11.8 Å². The molecule has 1 unspecified atom stereocenters. The van der Waals surface area contributed by atoms with E-state index >= 15 is 0 Å². The van der Waals surface area contributed by atoms with E-state index in [0.29, 0.717) is 0 Å². The Bertz CT molecular complexity index is 563. The van der Waals surface area contributed by atoms with Crippen LogP contribution in [0.25, 0.3) is 10.8 Å². The second kappa shape index (κ2) is 4.55. The molecule has 0 fully saturated rings. The molecule has 3 N–H and O–H groups in total. The molecule has 2 aromatic rings. The number of fused-ring (bicyclic) bond motifs is 1. The summed E-state index contributed by atoms with van der Waals surface area (Å²) < 4.78 is 0. The molecule has 0 saturated carbocycles. The number of amides is 1. The van der Waals surface area contributed by atoms with Crippen molar-refractivity contribution < 1.29 is 4.79 Å². The molecule has 0 bridgehead atoms. The van der Waals surface area contributed by atoms with Crippen LogP contribution in [0.1, 0.15) is 24.0 Å². The monoisotopic (exact) mass is 228 g/mol. The van der Waals surface area contributed by atoms with Crippen LogP contribution in [0.2, 0.25) is 0 Å². The molecule has 0 aliphatic rings. The van der Waals surface area contributed by atoms with E-state index in [1.807, 2.05) is 25.1 Å². The molecule has 0 aliphatic heterocycles. The Morgan fingerprint density at radius 3 is 2.53 bits per heavy atom. The van der Waals surface area contributed by atoms with Gasteiger partial charge in [-0.3, -0.25) is 10.2 Å². The number of carbonyl (C=O) groups is 1. The summed E-state index contributed by atoms with van der Waals surface area (Å²) in [6, 6.07) is 12.3. The summed E-state index contributed by atoms with van der Waals surface area (Å²) in [5.74, 6) is 4.74.